The van der Waals surface area contributed by atoms with Crippen LogP contribution < -0.4 is 11.1 Å². The first-order valence-corrected chi connectivity index (χ1v) is 5.42. The van der Waals surface area contributed by atoms with Crippen LogP contribution in [0.15, 0.2) is 36.5 Å². The lowest BCUT2D eigenvalue weighted by atomic mass is 10.2. The van der Waals surface area contributed by atoms with Crippen LogP contribution in [0.4, 0.5) is 15.9 Å². The second-order valence-electron chi connectivity index (χ2n) is 3.55. The van der Waals surface area contributed by atoms with E-state index < -0.39 is 11.7 Å². The predicted octanol–water partition coefficient (Wildman–Crippen LogP) is 2.71. The number of aromatic nitrogens is 1. The molecule has 0 unspecified atom stereocenters. The highest BCUT2D eigenvalue weighted by atomic mass is 35.5. The van der Waals surface area contributed by atoms with Crippen LogP contribution in [0, 0.1) is 5.82 Å². The molecule has 6 heteroatoms. The Morgan fingerprint density at radius 1 is 1.33 bits per heavy atom. The zero-order chi connectivity index (χ0) is 13.1. The Kier molecular flexibility index (Phi) is 3.43. The number of nitrogens with one attached hydrogen (secondary N) is 1. The summed E-state index contributed by atoms with van der Waals surface area (Å²) in [6.07, 6.45) is 1.41. The molecule has 2 rings (SSSR count). The van der Waals surface area contributed by atoms with Crippen molar-refractivity contribution >= 4 is 29.0 Å². The average Bonchev–Trinajstić information content (AvgIpc) is 2.32. The van der Waals surface area contributed by atoms with Crippen LogP contribution >= 0.6 is 11.6 Å². The molecule has 4 nitrogen and oxygen atoms in total. The van der Waals surface area contributed by atoms with Crippen molar-refractivity contribution in [2.24, 2.45) is 0 Å². The van der Waals surface area contributed by atoms with Crippen molar-refractivity contribution in [2.45, 2.75) is 0 Å². The number of carbonyl (C=O) groups is 1. The van der Waals surface area contributed by atoms with Gasteiger partial charge in [-0.05, 0) is 30.3 Å². The molecule has 3 N–H and O–H groups in total. The van der Waals surface area contributed by atoms with Crippen LogP contribution in [0.5, 0.6) is 0 Å². The van der Waals surface area contributed by atoms with Gasteiger partial charge < -0.3 is 11.1 Å². The number of hydrogen-bond acceptors (Lipinski definition) is 3. The SMILES string of the molecule is Nc1cc(C(=O)Nc2ccc(Cl)cc2F)ccn1. The van der Waals surface area contributed by atoms with Gasteiger partial charge in [0.15, 0.2) is 0 Å². The van der Waals surface area contributed by atoms with Crippen LogP contribution in [0.1, 0.15) is 10.4 Å². The van der Waals surface area contributed by atoms with Gasteiger partial charge in [0.25, 0.3) is 5.91 Å². The molecular weight excluding hydrogens is 257 g/mol. The summed E-state index contributed by atoms with van der Waals surface area (Å²) in [6, 6.07) is 6.89. The molecule has 0 aliphatic rings. The number of amides is 1. The summed E-state index contributed by atoms with van der Waals surface area (Å²) in [5.41, 5.74) is 5.81. The van der Waals surface area contributed by atoms with E-state index >= 15 is 0 Å². The largest absolute Gasteiger partial charge is 0.384 e. The molecule has 0 spiro atoms. The van der Waals surface area contributed by atoms with E-state index in [1.807, 2.05) is 0 Å². The minimum atomic E-state index is -0.599. The van der Waals surface area contributed by atoms with Crippen molar-refractivity contribution in [2.75, 3.05) is 11.1 Å². The van der Waals surface area contributed by atoms with Crippen LogP contribution in [-0.4, -0.2) is 10.9 Å². The first kappa shape index (κ1) is 12.3. The zero-order valence-corrected chi connectivity index (χ0v) is 9.91. The summed E-state index contributed by atoms with van der Waals surface area (Å²) in [6.45, 7) is 0. The Hall–Kier alpha value is -2.14. The number of pyridine rings is 1. The Bertz CT molecular complexity index is 604. The highest BCUT2D eigenvalue weighted by Gasteiger charge is 2.10. The fourth-order valence-electron chi connectivity index (χ4n) is 1.37. The average molecular weight is 266 g/mol. The van der Waals surface area contributed by atoms with Crippen LogP contribution in [0.3, 0.4) is 0 Å². The molecule has 0 aliphatic heterocycles. The molecule has 0 atom stereocenters. The number of carbonyl (C=O) groups excluding carboxylic acids is 1. The van der Waals surface area contributed by atoms with Crippen LogP contribution in [0.2, 0.25) is 5.02 Å². The van der Waals surface area contributed by atoms with Crippen molar-refractivity contribution in [1.82, 2.24) is 4.98 Å². The molecule has 1 heterocycles. The summed E-state index contributed by atoms with van der Waals surface area (Å²) in [4.78, 5) is 15.6. The highest BCUT2D eigenvalue weighted by molar-refractivity contribution is 6.30. The molecule has 0 saturated heterocycles. The highest BCUT2D eigenvalue weighted by Crippen LogP contribution is 2.19. The van der Waals surface area contributed by atoms with E-state index in [0.717, 1.165) is 6.07 Å². The monoisotopic (exact) mass is 265 g/mol. The predicted molar refractivity (Wildman–Crippen MR) is 68.0 cm³/mol. The van der Waals surface area contributed by atoms with Gasteiger partial charge in [-0.3, -0.25) is 4.79 Å². The number of nitrogens with two attached hydrogens (primary N) is 1. The maximum Gasteiger partial charge on any atom is 0.255 e. The lowest BCUT2D eigenvalue weighted by Crippen LogP contribution is -2.13. The fourth-order valence-corrected chi connectivity index (χ4v) is 1.53. The third-order valence-corrected chi connectivity index (χ3v) is 2.46. The van der Waals surface area contributed by atoms with Crippen molar-refractivity contribution in [1.29, 1.82) is 0 Å². The third kappa shape index (κ3) is 2.75. The molecule has 2 aromatic rings. The molecule has 18 heavy (non-hydrogen) atoms. The number of benzene rings is 1. The topological polar surface area (TPSA) is 68.0 Å². The molecule has 0 aliphatic carbocycles. The van der Waals surface area contributed by atoms with Gasteiger partial charge >= 0.3 is 0 Å². The second kappa shape index (κ2) is 5.01. The molecular formula is C12H9ClFN3O. The fraction of sp³-hybridized carbons (Fsp3) is 0. The van der Waals surface area contributed by atoms with E-state index in [1.54, 1.807) is 0 Å². The van der Waals surface area contributed by atoms with E-state index in [4.69, 9.17) is 17.3 Å². The minimum absolute atomic E-state index is 0.0554. The summed E-state index contributed by atoms with van der Waals surface area (Å²) in [5, 5.41) is 2.69. The molecule has 0 saturated carbocycles. The maximum atomic E-state index is 13.5. The standard InChI is InChI=1S/C12H9ClFN3O/c13-8-1-2-10(9(14)6-8)17-12(18)7-3-4-16-11(15)5-7/h1-6H,(H2,15,16)(H,17,18). The van der Waals surface area contributed by atoms with E-state index in [1.165, 1.54) is 30.5 Å². The molecule has 0 fully saturated rings. The molecule has 1 amide bonds. The van der Waals surface area contributed by atoms with Gasteiger partial charge in [0, 0.05) is 16.8 Å². The minimum Gasteiger partial charge on any atom is -0.384 e. The normalized spacial score (nSPS) is 10.1. The van der Waals surface area contributed by atoms with Crippen molar-refractivity contribution < 1.29 is 9.18 Å². The van der Waals surface area contributed by atoms with Gasteiger partial charge in [-0.15, -0.1) is 0 Å². The van der Waals surface area contributed by atoms with Gasteiger partial charge in [0.2, 0.25) is 0 Å². The Morgan fingerprint density at radius 3 is 2.78 bits per heavy atom. The lowest BCUT2D eigenvalue weighted by Gasteiger charge is -2.06. The number of nitrogens with zero attached hydrogens (tertiary/aromatic N) is 1. The molecule has 1 aromatic heterocycles. The molecule has 1 aromatic carbocycles. The second-order valence-corrected chi connectivity index (χ2v) is 3.98. The Balaban J connectivity index is 2.21. The lowest BCUT2D eigenvalue weighted by molar-refractivity contribution is 0.102. The third-order valence-electron chi connectivity index (χ3n) is 2.22. The Labute approximate surface area is 108 Å². The van der Waals surface area contributed by atoms with E-state index in [0.29, 0.717) is 5.56 Å². The van der Waals surface area contributed by atoms with E-state index in [-0.39, 0.29) is 16.5 Å². The number of anilines is 2. The summed E-state index contributed by atoms with van der Waals surface area (Å²) in [7, 11) is 0. The van der Waals surface area contributed by atoms with Gasteiger partial charge in [0.1, 0.15) is 11.6 Å². The number of nitrogen functional groups attached to an aromatic ring is 1. The Morgan fingerprint density at radius 2 is 2.11 bits per heavy atom. The van der Waals surface area contributed by atoms with Crippen molar-refractivity contribution in [3.63, 3.8) is 0 Å². The summed E-state index contributed by atoms with van der Waals surface area (Å²) < 4.78 is 13.5. The van der Waals surface area contributed by atoms with Gasteiger partial charge in [0.05, 0.1) is 5.69 Å². The van der Waals surface area contributed by atoms with E-state index in [9.17, 15) is 9.18 Å². The van der Waals surface area contributed by atoms with Gasteiger partial charge in [-0.2, -0.15) is 0 Å². The smallest absolute Gasteiger partial charge is 0.255 e. The van der Waals surface area contributed by atoms with Crippen LogP contribution in [-0.2, 0) is 0 Å². The molecule has 0 bridgehead atoms. The first-order chi connectivity index (χ1) is 8.56. The number of halogens is 2. The summed E-state index contributed by atoms with van der Waals surface area (Å²) >= 11 is 5.61. The van der Waals surface area contributed by atoms with Crippen LogP contribution in [0.25, 0.3) is 0 Å². The number of rotatable bonds is 2. The van der Waals surface area contributed by atoms with Gasteiger partial charge in [-0.1, -0.05) is 11.6 Å². The zero-order valence-electron chi connectivity index (χ0n) is 9.15. The number of hydrogen-bond donors (Lipinski definition) is 2. The van der Waals surface area contributed by atoms with E-state index in [2.05, 4.69) is 10.3 Å². The quantitative estimate of drug-likeness (QED) is 0.877. The van der Waals surface area contributed by atoms with Crippen molar-refractivity contribution in [3.8, 4) is 0 Å². The first-order valence-electron chi connectivity index (χ1n) is 5.04. The molecule has 92 valence electrons. The van der Waals surface area contributed by atoms with Gasteiger partial charge in [-0.25, -0.2) is 9.37 Å². The van der Waals surface area contributed by atoms with Crippen molar-refractivity contribution in [3.05, 3.63) is 52.9 Å². The molecule has 0 radical (unpaired) electrons. The maximum absolute atomic E-state index is 13.5. The summed E-state index contributed by atoms with van der Waals surface area (Å²) in [5.74, 6) is -0.845.